The van der Waals surface area contributed by atoms with Gasteiger partial charge in [0.2, 0.25) is 0 Å². The molecule has 0 saturated carbocycles. The summed E-state index contributed by atoms with van der Waals surface area (Å²) in [4.78, 5) is 2.39. The molecule has 0 spiro atoms. The molecule has 0 amide bonds. The summed E-state index contributed by atoms with van der Waals surface area (Å²) in [5.74, 6) is 0. The fourth-order valence-corrected chi connectivity index (χ4v) is 3.20. The van der Waals surface area contributed by atoms with E-state index in [4.69, 9.17) is 11.6 Å². The Labute approximate surface area is 145 Å². The first-order valence-corrected chi connectivity index (χ1v) is 9.12. The minimum atomic E-state index is -0.481. The molecule has 2 aromatic carbocycles. The summed E-state index contributed by atoms with van der Waals surface area (Å²) in [7, 11) is 0. The number of halogens is 1. The molecule has 0 aliphatic rings. The summed E-state index contributed by atoms with van der Waals surface area (Å²) in [5.41, 5.74) is 0.975. The number of rotatable bonds is 9. The highest BCUT2D eigenvalue weighted by atomic mass is 35.5. The molecule has 1 atom stereocenters. The van der Waals surface area contributed by atoms with Crippen LogP contribution in [0.1, 0.15) is 51.2 Å². The first kappa shape index (κ1) is 18.3. The second-order valence-corrected chi connectivity index (χ2v) is 6.61. The van der Waals surface area contributed by atoms with Crippen LogP contribution in [-0.4, -0.2) is 29.6 Å². The summed E-state index contributed by atoms with van der Waals surface area (Å²) >= 11 is 6.28. The molecule has 2 aromatic rings. The van der Waals surface area contributed by atoms with Crippen LogP contribution in [0, 0.1) is 0 Å². The Bertz CT molecular complexity index is 606. The zero-order valence-corrected chi connectivity index (χ0v) is 15.0. The highest BCUT2D eigenvalue weighted by Gasteiger charge is 2.16. The van der Waals surface area contributed by atoms with E-state index in [1.54, 1.807) is 0 Å². The Morgan fingerprint density at radius 3 is 2.17 bits per heavy atom. The molecule has 0 radical (unpaired) electrons. The molecule has 0 unspecified atom stereocenters. The van der Waals surface area contributed by atoms with Crippen molar-refractivity contribution >= 4 is 22.4 Å². The van der Waals surface area contributed by atoms with Gasteiger partial charge in [-0.25, -0.2) is 0 Å². The lowest BCUT2D eigenvalue weighted by Crippen LogP contribution is -2.30. The van der Waals surface area contributed by atoms with Crippen LogP contribution in [0.2, 0.25) is 5.02 Å². The van der Waals surface area contributed by atoms with E-state index in [1.165, 1.54) is 25.7 Å². The number of unbranched alkanes of at least 4 members (excludes halogenated alkanes) is 2. The van der Waals surface area contributed by atoms with Gasteiger partial charge in [0.05, 0.1) is 6.10 Å². The summed E-state index contributed by atoms with van der Waals surface area (Å²) in [6.07, 6.45) is 4.24. The fourth-order valence-electron chi connectivity index (χ4n) is 2.98. The predicted octanol–water partition coefficient (Wildman–Crippen LogP) is 5.43. The van der Waals surface area contributed by atoms with Crippen molar-refractivity contribution in [2.45, 2.75) is 45.6 Å². The number of aliphatic hydroxyl groups excluding tert-OH is 1. The Morgan fingerprint density at radius 2 is 1.57 bits per heavy atom. The van der Waals surface area contributed by atoms with Crippen LogP contribution in [-0.2, 0) is 0 Å². The zero-order chi connectivity index (χ0) is 16.7. The third kappa shape index (κ3) is 4.94. The molecule has 0 bridgehead atoms. The number of fused-ring (bicyclic) bond motifs is 1. The number of aliphatic hydroxyl groups is 1. The van der Waals surface area contributed by atoms with Gasteiger partial charge in [-0.05, 0) is 42.9 Å². The summed E-state index contributed by atoms with van der Waals surface area (Å²) < 4.78 is 0. The third-order valence-corrected chi connectivity index (χ3v) is 4.68. The summed E-state index contributed by atoms with van der Waals surface area (Å²) in [6.45, 7) is 7.21. The van der Waals surface area contributed by atoms with Crippen molar-refractivity contribution in [1.82, 2.24) is 4.90 Å². The predicted molar refractivity (Wildman–Crippen MR) is 100 cm³/mol. The molecule has 3 heteroatoms. The molecule has 0 aliphatic carbocycles. The standard InChI is InChI=1S/C20H28ClNO/c1-3-5-13-22(14-6-4-2)15-20(23)18-11-12-19(21)17-10-8-7-9-16(17)18/h7-12,20,23H,3-6,13-15H2,1-2H3/t20-/m0/s1. The van der Waals surface area contributed by atoms with Gasteiger partial charge in [-0.15, -0.1) is 0 Å². The van der Waals surface area contributed by atoms with Crippen molar-refractivity contribution in [3.8, 4) is 0 Å². The van der Waals surface area contributed by atoms with E-state index in [1.807, 2.05) is 36.4 Å². The zero-order valence-electron chi connectivity index (χ0n) is 14.3. The van der Waals surface area contributed by atoms with Gasteiger partial charge in [-0.3, -0.25) is 0 Å². The average molecular weight is 334 g/mol. The number of nitrogens with zero attached hydrogens (tertiary/aromatic N) is 1. The van der Waals surface area contributed by atoms with Gasteiger partial charge in [-0.2, -0.15) is 0 Å². The van der Waals surface area contributed by atoms with Gasteiger partial charge in [0.15, 0.2) is 0 Å². The second kappa shape index (κ2) is 9.27. The molecule has 126 valence electrons. The van der Waals surface area contributed by atoms with Crippen LogP contribution in [0.15, 0.2) is 36.4 Å². The Hall–Kier alpha value is -1.09. The van der Waals surface area contributed by atoms with Gasteiger partial charge in [-0.1, -0.05) is 68.6 Å². The lowest BCUT2D eigenvalue weighted by Gasteiger charge is -2.25. The Morgan fingerprint density at radius 1 is 0.957 bits per heavy atom. The normalized spacial score (nSPS) is 12.9. The third-order valence-electron chi connectivity index (χ3n) is 4.35. The van der Waals surface area contributed by atoms with Crippen molar-refractivity contribution in [3.63, 3.8) is 0 Å². The van der Waals surface area contributed by atoms with Crippen molar-refractivity contribution in [2.75, 3.05) is 19.6 Å². The Balaban J connectivity index is 2.18. The van der Waals surface area contributed by atoms with E-state index >= 15 is 0 Å². The van der Waals surface area contributed by atoms with Gasteiger partial charge >= 0.3 is 0 Å². The van der Waals surface area contributed by atoms with Gasteiger partial charge < -0.3 is 10.0 Å². The molecule has 2 rings (SSSR count). The van der Waals surface area contributed by atoms with Crippen LogP contribution in [0.4, 0.5) is 0 Å². The Kier molecular flexibility index (Phi) is 7.35. The SMILES string of the molecule is CCCCN(CCCC)C[C@H](O)c1ccc(Cl)c2ccccc12. The monoisotopic (exact) mass is 333 g/mol. The van der Waals surface area contributed by atoms with Crippen LogP contribution in [0.3, 0.4) is 0 Å². The van der Waals surface area contributed by atoms with Crippen LogP contribution in [0.5, 0.6) is 0 Å². The maximum atomic E-state index is 10.8. The smallest absolute Gasteiger partial charge is 0.0922 e. The first-order valence-electron chi connectivity index (χ1n) is 8.75. The quantitative estimate of drug-likeness (QED) is 0.661. The number of hydrogen-bond acceptors (Lipinski definition) is 2. The van der Waals surface area contributed by atoms with Crippen molar-refractivity contribution in [2.24, 2.45) is 0 Å². The van der Waals surface area contributed by atoms with Crippen molar-refractivity contribution in [1.29, 1.82) is 0 Å². The van der Waals surface area contributed by atoms with E-state index in [2.05, 4.69) is 18.7 Å². The number of hydrogen-bond donors (Lipinski definition) is 1. The topological polar surface area (TPSA) is 23.5 Å². The highest BCUT2D eigenvalue weighted by molar-refractivity contribution is 6.35. The van der Waals surface area contributed by atoms with E-state index in [0.717, 1.165) is 34.4 Å². The molecule has 0 fully saturated rings. The first-order chi connectivity index (χ1) is 11.2. The summed E-state index contributed by atoms with van der Waals surface area (Å²) in [6, 6.07) is 11.9. The molecule has 0 aromatic heterocycles. The molecule has 0 aliphatic heterocycles. The van der Waals surface area contributed by atoms with Crippen LogP contribution < -0.4 is 0 Å². The van der Waals surface area contributed by atoms with Crippen LogP contribution in [0.25, 0.3) is 10.8 Å². The van der Waals surface area contributed by atoms with Gasteiger partial charge in [0.25, 0.3) is 0 Å². The maximum absolute atomic E-state index is 10.8. The maximum Gasteiger partial charge on any atom is 0.0922 e. The molecular formula is C20H28ClNO. The summed E-state index contributed by atoms with van der Waals surface area (Å²) in [5, 5.41) is 13.6. The van der Waals surface area contributed by atoms with Crippen molar-refractivity contribution < 1.29 is 5.11 Å². The fraction of sp³-hybridized carbons (Fsp3) is 0.500. The van der Waals surface area contributed by atoms with E-state index in [-0.39, 0.29) is 0 Å². The van der Waals surface area contributed by atoms with Crippen molar-refractivity contribution in [3.05, 3.63) is 47.0 Å². The van der Waals surface area contributed by atoms with Gasteiger partial charge in [0, 0.05) is 17.0 Å². The van der Waals surface area contributed by atoms with E-state index in [0.29, 0.717) is 6.54 Å². The van der Waals surface area contributed by atoms with E-state index < -0.39 is 6.10 Å². The largest absolute Gasteiger partial charge is 0.387 e. The van der Waals surface area contributed by atoms with Crippen LogP contribution >= 0.6 is 11.6 Å². The molecule has 0 saturated heterocycles. The average Bonchev–Trinajstić information content (AvgIpc) is 2.57. The molecular weight excluding hydrogens is 306 g/mol. The number of benzene rings is 2. The highest BCUT2D eigenvalue weighted by Crippen LogP contribution is 2.30. The molecule has 1 N–H and O–H groups in total. The minimum Gasteiger partial charge on any atom is -0.387 e. The lowest BCUT2D eigenvalue weighted by atomic mass is 10.00. The molecule has 0 heterocycles. The minimum absolute atomic E-state index is 0.481. The van der Waals surface area contributed by atoms with E-state index in [9.17, 15) is 5.11 Å². The van der Waals surface area contributed by atoms with Gasteiger partial charge in [0.1, 0.15) is 0 Å². The molecule has 2 nitrogen and oxygen atoms in total. The second-order valence-electron chi connectivity index (χ2n) is 6.21. The molecule has 23 heavy (non-hydrogen) atoms. The lowest BCUT2D eigenvalue weighted by molar-refractivity contribution is 0.112.